The Balaban J connectivity index is 1.20. The van der Waals surface area contributed by atoms with E-state index in [-0.39, 0.29) is 6.85 Å². The smallest absolute Gasteiger partial charge is 0.333 e. The summed E-state index contributed by atoms with van der Waals surface area (Å²) >= 11 is 0. The summed E-state index contributed by atoms with van der Waals surface area (Å²) in [4.78, 5) is 2.48. The zero-order valence-corrected chi connectivity index (χ0v) is 30.3. The number of hydrogen-bond donors (Lipinski definition) is 0. The number of hydrogen-bond acceptors (Lipinski definition) is 2. The van der Waals surface area contributed by atoms with Crippen molar-refractivity contribution in [3.05, 3.63) is 188 Å². The molecule has 0 atom stereocenters. The van der Waals surface area contributed by atoms with Gasteiger partial charge in [0, 0.05) is 61.3 Å². The molecule has 2 aliphatic rings. The van der Waals surface area contributed by atoms with Gasteiger partial charge in [-0.3, -0.25) is 0 Å². The van der Waals surface area contributed by atoms with Crippen LogP contribution in [0.5, 0.6) is 0 Å². The number of aromatic nitrogens is 1. The molecule has 0 bridgehead atoms. The van der Waals surface area contributed by atoms with E-state index in [1.807, 2.05) is 0 Å². The van der Waals surface area contributed by atoms with Gasteiger partial charge in [0.1, 0.15) is 11.2 Å². The number of rotatable bonds is 3. The summed E-state index contributed by atoms with van der Waals surface area (Å²) in [7, 11) is 0. The predicted molar refractivity (Wildman–Crippen MR) is 236 cm³/mol. The van der Waals surface area contributed by atoms with Crippen molar-refractivity contribution in [3.8, 4) is 33.4 Å². The van der Waals surface area contributed by atoms with Crippen molar-refractivity contribution in [3.63, 3.8) is 0 Å². The van der Waals surface area contributed by atoms with Gasteiger partial charge in [-0.15, -0.1) is 0 Å². The third kappa shape index (κ3) is 4.02. The Morgan fingerprint density at radius 3 is 1.91 bits per heavy atom. The van der Waals surface area contributed by atoms with E-state index in [1.54, 1.807) is 0 Å². The molecule has 4 heteroatoms. The lowest BCUT2D eigenvalue weighted by atomic mass is 9.44. The minimum atomic E-state index is -0.0902. The largest absolute Gasteiger partial charge is 0.456 e. The van der Waals surface area contributed by atoms with E-state index in [4.69, 9.17) is 4.42 Å². The van der Waals surface area contributed by atoms with Crippen molar-refractivity contribution < 1.29 is 4.42 Å². The molecule has 2 aliphatic heterocycles. The Labute approximate surface area is 323 Å². The maximum atomic E-state index is 6.81. The van der Waals surface area contributed by atoms with Crippen molar-refractivity contribution >= 4 is 89.4 Å². The summed E-state index contributed by atoms with van der Waals surface area (Å²) in [6.45, 7) is -0.0902. The Bertz CT molecular complexity index is 3420. The Kier molecular flexibility index (Phi) is 5.98. The van der Waals surface area contributed by atoms with E-state index in [0.29, 0.717) is 0 Å². The molecule has 0 saturated heterocycles. The first kappa shape index (κ1) is 30.1. The quantitative estimate of drug-likeness (QED) is 0.170. The maximum absolute atomic E-state index is 6.81. The molecule has 4 heterocycles. The van der Waals surface area contributed by atoms with Crippen LogP contribution in [0, 0.1) is 0 Å². The fraction of sp³-hybridized carbons (Fsp3) is 0. The molecule has 3 nitrogen and oxygen atoms in total. The van der Waals surface area contributed by atoms with Crippen LogP contribution in [0.25, 0.3) is 87.9 Å². The summed E-state index contributed by atoms with van der Waals surface area (Å²) in [5, 5.41) is 7.39. The topological polar surface area (TPSA) is 21.3 Å². The summed E-state index contributed by atoms with van der Waals surface area (Å²) in [6, 6.07) is 68.9. The average molecular weight is 711 g/mol. The minimum absolute atomic E-state index is 0.0902. The second-order valence-electron chi connectivity index (χ2n) is 15.2. The molecule has 0 spiro atoms. The summed E-state index contributed by atoms with van der Waals surface area (Å²) < 4.78 is 9.47. The molecular formula is C52H31BN2O. The lowest BCUT2D eigenvalue weighted by Crippen LogP contribution is -2.56. The molecule has 2 aromatic heterocycles. The fourth-order valence-electron chi connectivity index (χ4n) is 9.94. The van der Waals surface area contributed by atoms with E-state index < -0.39 is 0 Å². The molecule has 0 N–H and O–H groups in total. The number of anilines is 3. The molecule has 0 aliphatic carbocycles. The number of para-hydroxylation sites is 2. The zero-order valence-electron chi connectivity index (χ0n) is 30.3. The normalized spacial score (nSPS) is 12.9. The molecule has 0 fully saturated rings. The summed E-state index contributed by atoms with van der Waals surface area (Å²) in [6.07, 6.45) is 0. The molecule has 13 rings (SSSR count). The van der Waals surface area contributed by atoms with Gasteiger partial charge in [-0.2, -0.15) is 0 Å². The van der Waals surface area contributed by atoms with E-state index in [1.165, 1.54) is 88.0 Å². The van der Waals surface area contributed by atoms with Crippen molar-refractivity contribution in [1.29, 1.82) is 0 Å². The molecule has 258 valence electrons. The van der Waals surface area contributed by atoms with Crippen LogP contribution < -0.4 is 15.8 Å². The lowest BCUT2D eigenvalue weighted by molar-refractivity contribution is 0.669. The van der Waals surface area contributed by atoms with Crippen LogP contribution in [0.15, 0.2) is 192 Å². The molecular weight excluding hydrogens is 679 g/mol. The van der Waals surface area contributed by atoms with Crippen LogP contribution in [0.4, 0.5) is 17.1 Å². The Morgan fingerprint density at radius 1 is 0.446 bits per heavy atom. The maximum Gasteiger partial charge on any atom is 0.333 e. The monoisotopic (exact) mass is 710 g/mol. The van der Waals surface area contributed by atoms with Crippen LogP contribution in [0.3, 0.4) is 0 Å². The zero-order chi connectivity index (χ0) is 36.5. The highest BCUT2D eigenvalue weighted by atomic mass is 16.3. The van der Waals surface area contributed by atoms with Crippen molar-refractivity contribution in [2.24, 2.45) is 0 Å². The molecule has 0 saturated carbocycles. The lowest BCUT2D eigenvalue weighted by Gasteiger charge is -2.40. The highest BCUT2D eigenvalue weighted by Crippen LogP contribution is 2.50. The van der Waals surface area contributed by atoms with Crippen LogP contribution in [-0.2, 0) is 0 Å². The van der Waals surface area contributed by atoms with Crippen LogP contribution in [0.1, 0.15) is 0 Å². The first-order chi connectivity index (χ1) is 27.8. The second-order valence-corrected chi connectivity index (χ2v) is 15.2. The first-order valence-corrected chi connectivity index (χ1v) is 19.4. The number of fused-ring (bicyclic) bond motifs is 12. The molecule has 0 unspecified atom stereocenters. The standard InChI is InChI=1S/C52H31BN2O/c1-3-12-32(13-4-1)34-22-25-38(26-23-34)54-44-27-24-37(33-14-5-2-6-15-33)29-43(44)53-51-46(54)31-48-49(40-18-9-10-21-47(40)56-48)50(51)41-20-11-19-39-42-28-35-16-7-8-17-36(35)30-45(42)55(53)52(39)41/h1-31H. The van der Waals surface area contributed by atoms with Gasteiger partial charge in [0.2, 0.25) is 0 Å². The van der Waals surface area contributed by atoms with Gasteiger partial charge >= 0.3 is 6.85 Å². The third-order valence-corrected chi connectivity index (χ3v) is 12.3. The van der Waals surface area contributed by atoms with Crippen LogP contribution in [0.2, 0.25) is 0 Å². The highest BCUT2D eigenvalue weighted by molar-refractivity contribution is 6.90. The van der Waals surface area contributed by atoms with E-state index >= 15 is 0 Å². The van der Waals surface area contributed by atoms with Gasteiger partial charge in [0.05, 0.1) is 0 Å². The van der Waals surface area contributed by atoms with E-state index in [0.717, 1.165) is 27.9 Å². The van der Waals surface area contributed by atoms with E-state index in [2.05, 4.69) is 197 Å². The second kappa shape index (κ2) is 11.1. The van der Waals surface area contributed by atoms with Gasteiger partial charge in [0.15, 0.2) is 0 Å². The van der Waals surface area contributed by atoms with Gasteiger partial charge in [0.25, 0.3) is 0 Å². The van der Waals surface area contributed by atoms with Gasteiger partial charge < -0.3 is 13.8 Å². The predicted octanol–water partition coefficient (Wildman–Crippen LogP) is 12.6. The van der Waals surface area contributed by atoms with Gasteiger partial charge in [-0.05, 0) is 85.9 Å². The van der Waals surface area contributed by atoms with Crippen LogP contribution in [-0.4, -0.2) is 11.3 Å². The number of furan rings is 1. The van der Waals surface area contributed by atoms with Crippen molar-refractivity contribution in [2.75, 3.05) is 4.90 Å². The molecule has 56 heavy (non-hydrogen) atoms. The highest BCUT2D eigenvalue weighted by Gasteiger charge is 2.44. The fourth-order valence-corrected chi connectivity index (χ4v) is 9.94. The van der Waals surface area contributed by atoms with Gasteiger partial charge in [-0.1, -0.05) is 146 Å². The molecule has 9 aromatic carbocycles. The SMILES string of the molecule is c1ccc(-c2ccc(N3c4ccc(-c5ccccc5)cc4B4c5c3cc3oc6ccccc6c3c5-c3cccc5c6cc7ccccc7cc6n4c35)cc2)cc1. The third-order valence-electron chi connectivity index (χ3n) is 12.3. The van der Waals surface area contributed by atoms with E-state index in [9.17, 15) is 0 Å². The van der Waals surface area contributed by atoms with Crippen molar-refractivity contribution in [2.45, 2.75) is 0 Å². The number of benzene rings is 9. The molecule has 0 radical (unpaired) electrons. The average Bonchev–Trinajstić information content (AvgIpc) is 3.80. The van der Waals surface area contributed by atoms with Gasteiger partial charge in [-0.25, -0.2) is 0 Å². The Hall–Kier alpha value is -7.30. The first-order valence-electron chi connectivity index (χ1n) is 19.4. The Morgan fingerprint density at radius 2 is 1.11 bits per heavy atom. The number of nitrogens with zero attached hydrogens (tertiary/aromatic N) is 2. The summed E-state index contributed by atoms with van der Waals surface area (Å²) in [5.41, 5.74) is 17.7. The van der Waals surface area contributed by atoms with Crippen LogP contribution >= 0.6 is 0 Å². The summed E-state index contributed by atoms with van der Waals surface area (Å²) in [5.74, 6) is 0. The minimum Gasteiger partial charge on any atom is -0.456 e. The van der Waals surface area contributed by atoms with Crippen molar-refractivity contribution in [1.82, 2.24) is 4.48 Å². The molecule has 11 aromatic rings. The molecule has 0 amide bonds.